The summed E-state index contributed by atoms with van der Waals surface area (Å²) in [7, 11) is 0. The number of alkyl halides is 3. The number of halogens is 3. The number of anilines is 2. The lowest BCUT2D eigenvalue weighted by Gasteiger charge is -2.29. The van der Waals surface area contributed by atoms with Crippen molar-refractivity contribution in [2.45, 2.75) is 50.6 Å². The number of pyridine rings is 1. The lowest BCUT2D eigenvalue weighted by Crippen LogP contribution is -2.41. The number of carboxylic acid groups (broad SMARTS) is 1. The molecule has 1 aliphatic rings. The minimum Gasteiger partial charge on any atom is -0.490 e. The van der Waals surface area contributed by atoms with Crippen LogP contribution in [0, 0.1) is 0 Å². The van der Waals surface area contributed by atoms with Crippen molar-refractivity contribution in [3.63, 3.8) is 0 Å². The topological polar surface area (TPSA) is 148 Å². The quantitative estimate of drug-likeness (QED) is 0.132. The maximum absolute atomic E-state index is 12.4. The molecule has 0 radical (unpaired) electrons. The molecule has 48 heavy (non-hydrogen) atoms. The molecule has 4 N–H and O–H groups in total. The average molecular weight is 665 g/mol. The van der Waals surface area contributed by atoms with Crippen molar-refractivity contribution < 1.29 is 46.9 Å². The summed E-state index contributed by atoms with van der Waals surface area (Å²) < 4.78 is 52.7. The summed E-state index contributed by atoms with van der Waals surface area (Å²) in [5.74, 6) is -0.365. The van der Waals surface area contributed by atoms with Crippen LogP contribution in [0.1, 0.15) is 41.6 Å². The molecule has 1 fully saturated rings. The van der Waals surface area contributed by atoms with Crippen molar-refractivity contribution in [3.05, 3.63) is 102 Å². The number of carbonyl (C=O) groups is 3. The zero-order valence-corrected chi connectivity index (χ0v) is 25.3. The van der Waals surface area contributed by atoms with Crippen molar-refractivity contribution in [2.24, 2.45) is 0 Å². The fourth-order valence-corrected chi connectivity index (χ4v) is 5.05. The van der Waals surface area contributed by atoms with Crippen molar-refractivity contribution >= 4 is 29.3 Å². The van der Waals surface area contributed by atoms with Crippen LogP contribution in [0.2, 0.25) is 0 Å². The van der Waals surface area contributed by atoms with Crippen molar-refractivity contribution in [3.8, 4) is 23.1 Å². The summed E-state index contributed by atoms with van der Waals surface area (Å²) >= 11 is 0. The van der Waals surface area contributed by atoms with Gasteiger partial charge in [0.2, 0.25) is 11.8 Å². The van der Waals surface area contributed by atoms with Gasteiger partial charge < -0.3 is 35.3 Å². The molecule has 1 saturated carbocycles. The van der Waals surface area contributed by atoms with Crippen molar-refractivity contribution in [1.82, 2.24) is 10.3 Å². The first-order chi connectivity index (χ1) is 23.0. The number of ether oxygens (including phenoxy) is 3. The van der Waals surface area contributed by atoms with Crippen molar-refractivity contribution in [1.29, 1.82) is 0 Å². The predicted octanol–water partition coefficient (Wildman–Crippen LogP) is 7.16. The number of urea groups is 1. The van der Waals surface area contributed by atoms with Gasteiger partial charge in [-0.1, -0.05) is 18.2 Å². The van der Waals surface area contributed by atoms with Gasteiger partial charge in [0.15, 0.2) is 0 Å². The van der Waals surface area contributed by atoms with Crippen LogP contribution in [0.4, 0.5) is 29.3 Å². The van der Waals surface area contributed by atoms with E-state index in [0.29, 0.717) is 54.3 Å². The Morgan fingerprint density at radius 3 is 2.12 bits per heavy atom. The largest absolute Gasteiger partial charge is 0.573 e. The fourth-order valence-electron chi connectivity index (χ4n) is 5.05. The Kier molecular flexibility index (Phi) is 10.6. The third-order valence-corrected chi connectivity index (χ3v) is 7.30. The van der Waals surface area contributed by atoms with Gasteiger partial charge in [0.05, 0.1) is 23.8 Å². The number of benzene rings is 3. The zero-order chi connectivity index (χ0) is 34.1. The average Bonchev–Trinajstić information content (AvgIpc) is 3.04. The number of aromatic nitrogens is 1. The maximum Gasteiger partial charge on any atom is 0.573 e. The van der Waals surface area contributed by atoms with E-state index in [4.69, 9.17) is 9.47 Å². The van der Waals surface area contributed by atoms with E-state index in [0.717, 1.165) is 12.1 Å². The first kappa shape index (κ1) is 33.6. The Morgan fingerprint density at radius 2 is 1.48 bits per heavy atom. The summed E-state index contributed by atoms with van der Waals surface area (Å²) in [6.45, 7) is 0. The van der Waals surface area contributed by atoms with E-state index in [1.165, 1.54) is 30.5 Å². The van der Waals surface area contributed by atoms with Gasteiger partial charge in [-0.25, -0.2) is 14.6 Å². The molecule has 1 aromatic heterocycles. The minimum absolute atomic E-state index is 0.000000195. The number of hydrogen-bond acceptors (Lipinski definition) is 7. The molecule has 1 heterocycles. The van der Waals surface area contributed by atoms with Gasteiger partial charge >= 0.3 is 18.4 Å². The molecule has 3 aromatic carbocycles. The van der Waals surface area contributed by atoms with Gasteiger partial charge in [-0.3, -0.25) is 4.79 Å². The highest BCUT2D eigenvalue weighted by molar-refractivity contribution is 6.01. The van der Waals surface area contributed by atoms with Crippen LogP contribution in [-0.4, -0.2) is 46.5 Å². The van der Waals surface area contributed by atoms with Crippen LogP contribution in [0.25, 0.3) is 0 Å². The minimum atomic E-state index is -4.78. The standard InChI is InChI=1S/C34H31F3N4O7/c35-34(36,37)48-27-12-8-23(9-13-27)40-33(45)39-22-6-10-24(11-7-22)46-25-14-16-26(17-15-25)47-31-18-5-21(20-38-31)19-30(42)41-29-4-2-1-3-28(29)32(43)44/h1-5,8-9,12-18,20,22,24H,6-7,10-11,19H2,(H,41,42)(H,43,44)(H2,39,40,45). The van der Waals surface area contributed by atoms with Crippen LogP contribution >= 0.6 is 0 Å². The van der Waals surface area contributed by atoms with Gasteiger partial charge in [0.1, 0.15) is 17.2 Å². The molecule has 0 atom stereocenters. The van der Waals surface area contributed by atoms with Crippen LogP contribution in [0.15, 0.2) is 91.1 Å². The van der Waals surface area contributed by atoms with Crippen molar-refractivity contribution in [2.75, 3.05) is 10.6 Å². The molecular formula is C34H31F3N4O7. The first-order valence-corrected chi connectivity index (χ1v) is 14.9. The highest BCUT2D eigenvalue weighted by atomic mass is 19.4. The Balaban J connectivity index is 1.02. The van der Waals surface area contributed by atoms with Crippen LogP contribution in [0.3, 0.4) is 0 Å². The summed E-state index contributed by atoms with van der Waals surface area (Å²) in [5, 5.41) is 17.4. The van der Waals surface area contributed by atoms with E-state index in [1.54, 1.807) is 48.5 Å². The Hall–Kier alpha value is -5.79. The molecule has 250 valence electrons. The van der Waals surface area contributed by atoms with Gasteiger partial charge in [-0.05, 0) is 91.9 Å². The summed E-state index contributed by atoms with van der Waals surface area (Å²) in [4.78, 5) is 40.4. The summed E-state index contributed by atoms with van der Waals surface area (Å²) in [5.41, 5.74) is 1.18. The number of aromatic carboxylic acids is 1. The van der Waals surface area contributed by atoms with Gasteiger partial charge in [-0.15, -0.1) is 13.2 Å². The molecule has 11 nitrogen and oxygen atoms in total. The van der Waals surface area contributed by atoms with Crippen LogP contribution < -0.4 is 30.2 Å². The van der Waals surface area contributed by atoms with E-state index < -0.39 is 18.4 Å². The molecule has 0 aliphatic heterocycles. The number of hydrogen-bond donors (Lipinski definition) is 4. The molecule has 0 unspecified atom stereocenters. The molecule has 5 rings (SSSR count). The van der Waals surface area contributed by atoms with E-state index in [1.807, 2.05) is 0 Å². The van der Waals surface area contributed by atoms with Gasteiger partial charge in [0, 0.05) is 24.0 Å². The zero-order valence-electron chi connectivity index (χ0n) is 25.3. The second kappa shape index (κ2) is 15.2. The van der Waals surface area contributed by atoms with E-state index in [-0.39, 0.29) is 41.5 Å². The second-order valence-corrected chi connectivity index (χ2v) is 10.9. The smallest absolute Gasteiger partial charge is 0.490 e. The Labute approximate surface area is 273 Å². The summed E-state index contributed by atoms with van der Waals surface area (Å²) in [6, 6.07) is 20.9. The van der Waals surface area contributed by atoms with Crippen LogP contribution in [0.5, 0.6) is 23.1 Å². The highest BCUT2D eigenvalue weighted by Gasteiger charge is 2.31. The lowest BCUT2D eigenvalue weighted by molar-refractivity contribution is -0.274. The fraction of sp³-hybridized carbons (Fsp3) is 0.235. The van der Waals surface area contributed by atoms with E-state index >= 15 is 0 Å². The lowest BCUT2D eigenvalue weighted by atomic mass is 9.93. The third-order valence-electron chi connectivity index (χ3n) is 7.30. The summed E-state index contributed by atoms with van der Waals surface area (Å²) in [6.07, 6.45) is -0.498. The molecule has 0 spiro atoms. The number of carboxylic acids is 1. The Morgan fingerprint density at radius 1 is 0.812 bits per heavy atom. The van der Waals surface area contributed by atoms with E-state index in [9.17, 15) is 32.7 Å². The monoisotopic (exact) mass is 664 g/mol. The van der Waals surface area contributed by atoms with Crippen LogP contribution in [-0.2, 0) is 11.2 Å². The Bertz CT molecular complexity index is 1710. The number of nitrogens with zero attached hydrogens (tertiary/aromatic N) is 1. The number of amides is 3. The molecule has 4 aromatic rings. The molecular weight excluding hydrogens is 633 g/mol. The molecule has 14 heteroatoms. The molecule has 0 saturated heterocycles. The molecule has 3 amide bonds. The molecule has 0 bridgehead atoms. The number of para-hydroxylation sites is 1. The third kappa shape index (κ3) is 10.1. The molecule has 1 aliphatic carbocycles. The maximum atomic E-state index is 12.4. The predicted molar refractivity (Wildman–Crippen MR) is 168 cm³/mol. The first-order valence-electron chi connectivity index (χ1n) is 14.9. The second-order valence-electron chi connectivity index (χ2n) is 10.9. The normalized spacial score (nSPS) is 15.9. The number of nitrogens with one attached hydrogen (secondary N) is 3. The number of rotatable bonds is 11. The number of carbonyl (C=O) groups excluding carboxylic acids is 2. The van der Waals surface area contributed by atoms with Gasteiger partial charge in [0.25, 0.3) is 0 Å². The highest BCUT2D eigenvalue weighted by Crippen LogP contribution is 2.28. The van der Waals surface area contributed by atoms with E-state index in [2.05, 4.69) is 25.7 Å². The van der Waals surface area contributed by atoms with Gasteiger partial charge in [-0.2, -0.15) is 0 Å². The SMILES string of the molecule is O=C(Cc1ccc(Oc2ccc(OC3CCC(NC(=O)Nc4ccc(OC(F)(F)F)cc4)CC3)cc2)nc1)Nc1ccccc1C(=O)O.